The fourth-order valence-electron chi connectivity index (χ4n) is 1.96. The van der Waals surface area contributed by atoms with E-state index in [-0.39, 0.29) is 18.4 Å². The Morgan fingerprint density at radius 1 is 1.26 bits per heavy atom. The summed E-state index contributed by atoms with van der Waals surface area (Å²) in [5.41, 5.74) is 11.5. The molecule has 2 N–H and O–H groups in total. The molecule has 1 aromatic heterocycles. The number of rotatable bonds is 4. The molecule has 2 aromatic rings. The number of nitrogens with two attached hydrogens (primary N) is 1. The number of halogens is 1. The molecule has 0 spiro atoms. The predicted molar refractivity (Wildman–Crippen MR) is 85.0 cm³/mol. The fraction of sp³-hybridized carbons (Fsp3) is 0.357. The van der Waals surface area contributed by atoms with Crippen molar-refractivity contribution in [1.82, 2.24) is 9.88 Å². The molecule has 0 fully saturated rings. The summed E-state index contributed by atoms with van der Waals surface area (Å²) in [5, 5.41) is 0. The van der Waals surface area contributed by atoms with Crippen LogP contribution < -0.4 is 5.73 Å². The van der Waals surface area contributed by atoms with Crippen molar-refractivity contribution in [3.8, 4) is 10.4 Å². The normalized spacial score (nSPS) is 12.3. The number of aryl methyl sites for hydroxylation is 1. The van der Waals surface area contributed by atoms with Gasteiger partial charge in [0, 0.05) is 12.6 Å². The van der Waals surface area contributed by atoms with Gasteiger partial charge < -0.3 is 10.6 Å². The van der Waals surface area contributed by atoms with E-state index in [1.165, 1.54) is 16.0 Å². The standard InChI is InChI=1S/C14H19N3S.ClH/c1-10-14(18-9-16-10)12-6-4-11(5-7-12)13(15)8-17(2)3;/h4-7,9,13H,8,15H2,1-3H3;1H. The molecule has 19 heavy (non-hydrogen) atoms. The minimum absolute atomic E-state index is 0. The summed E-state index contributed by atoms with van der Waals surface area (Å²) >= 11 is 1.68. The third kappa shape index (κ3) is 4.01. The maximum absolute atomic E-state index is 6.14. The van der Waals surface area contributed by atoms with E-state index in [1.54, 1.807) is 11.3 Å². The summed E-state index contributed by atoms with van der Waals surface area (Å²) in [5.74, 6) is 0. The van der Waals surface area contributed by atoms with Gasteiger partial charge in [0.1, 0.15) is 0 Å². The monoisotopic (exact) mass is 297 g/mol. The van der Waals surface area contributed by atoms with Gasteiger partial charge in [-0.05, 0) is 32.1 Å². The summed E-state index contributed by atoms with van der Waals surface area (Å²) in [6, 6.07) is 8.55. The van der Waals surface area contributed by atoms with Gasteiger partial charge in [-0.25, -0.2) is 4.98 Å². The molecule has 0 saturated heterocycles. The van der Waals surface area contributed by atoms with Crippen LogP contribution in [0.4, 0.5) is 0 Å². The van der Waals surface area contributed by atoms with Crippen molar-refractivity contribution in [1.29, 1.82) is 0 Å². The summed E-state index contributed by atoms with van der Waals surface area (Å²) in [4.78, 5) is 7.62. The molecule has 0 amide bonds. The summed E-state index contributed by atoms with van der Waals surface area (Å²) in [7, 11) is 4.07. The molecule has 0 bridgehead atoms. The van der Waals surface area contributed by atoms with Crippen LogP contribution in [-0.2, 0) is 0 Å². The third-order valence-corrected chi connectivity index (χ3v) is 3.89. The van der Waals surface area contributed by atoms with Crippen LogP contribution >= 0.6 is 23.7 Å². The Morgan fingerprint density at radius 2 is 1.89 bits per heavy atom. The second kappa shape index (κ2) is 7.01. The van der Waals surface area contributed by atoms with Crippen LogP contribution in [0.1, 0.15) is 17.3 Å². The molecule has 0 aliphatic heterocycles. The lowest BCUT2D eigenvalue weighted by Crippen LogP contribution is -2.25. The molecule has 1 aromatic carbocycles. The molecule has 0 saturated carbocycles. The van der Waals surface area contributed by atoms with Crippen molar-refractivity contribution >= 4 is 23.7 Å². The van der Waals surface area contributed by atoms with Gasteiger partial charge in [0.15, 0.2) is 0 Å². The van der Waals surface area contributed by atoms with Crippen LogP contribution in [-0.4, -0.2) is 30.5 Å². The smallest absolute Gasteiger partial charge is 0.0801 e. The quantitative estimate of drug-likeness (QED) is 0.943. The van der Waals surface area contributed by atoms with Gasteiger partial charge in [0.2, 0.25) is 0 Å². The van der Waals surface area contributed by atoms with Crippen LogP contribution in [0, 0.1) is 6.92 Å². The highest BCUT2D eigenvalue weighted by Crippen LogP contribution is 2.27. The lowest BCUT2D eigenvalue weighted by atomic mass is 10.0. The second-order valence-corrected chi connectivity index (χ2v) is 5.61. The van der Waals surface area contributed by atoms with Gasteiger partial charge in [-0.3, -0.25) is 0 Å². The van der Waals surface area contributed by atoms with Gasteiger partial charge >= 0.3 is 0 Å². The predicted octanol–water partition coefficient (Wildman–Crippen LogP) is 3.10. The van der Waals surface area contributed by atoms with Crippen molar-refractivity contribution in [2.24, 2.45) is 5.73 Å². The fourth-order valence-corrected chi connectivity index (χ4v) is 2.77. The minimum Gasteiger partial charge on any atom is -0.323 e. The average Bonchev–Trinajstić information content (AvgIpc) is 2.75. The van der Waals surface area contributed by atoms with Gasteiger partial charge in [-0.15, -0.1) is 23.7 Å². The van der Waals surface area contributed by atoms with Crippen molar-refractivity contribution in [3.63, 3.8) is 0 Å². The second-order valence-electron chi connectivity index (χ2n) is 4.76. The molecule has 0 radical (unpaired) electrons. The average molecular weight is 298 g/mol. The van der Waals surface area contributed by atoms with Gasteiger partial charge in [0.05, 0.1) is 16.1 Å². The van der Waals surface area contributed by atoms with Crippen LogP contribution in [0.15, 0.2) is 29.8 Å². The van der Waals surface area contributed by atoms with E-state index in [9.17, 15) is 0 Å². The molecular formula is C14H20ClN3S. The number of thiazole rings is 1. The number of hydrogen-bond acceptors (Lipinski definition) is 4. The Kier molecular flexibility index (Phi) is 5.94. The van der Waals surface area contributed by atoms with E-state index in [2.05, 4.69) is 34.1 Å². The minimum atomic E-state index is 0. The zero-order valence-corrected chi connectivity index (χ0v) is 13.1. The van der Waals surface area contributed by atoms with Crippen molar-refractivity contribution < 1.29 is 0 Å². The van der Waals surface area contributed by atoms with Crippen molar-refractivity contribution in [2.45, 2.75) is 13.0 Å². The number of likely N-dealkylation sites (N-methyl/N-ethyl adjacent to an activating group) is 1. The lowest BCUT2D eigenvalue weighted by Gasteiger charge is -2.17. The summed E-state index contributed by atoms with van der Waals surface area (Å²) in [6.07, 6.45) is 0. The Labute approximate surface area is 124 Å². The van der Waals surface area contributed by atoms with Gasteiger partial charge in [-0.2, -0.15) is 0 Å². The highest BCUT2D eigenvalue weighted by atomic mass is 35.5. The van der Waals surface area contributed by atoms with Crippen LogP contribution in [0.25, 0.3) is 10.4 Å². The highest BCUT2D eigenvalue weighted by Gasteiger charge is 2.09. The van der Waals surface area contributed by atoms with Gasteiger partial charge in [0.25, 0.3) is 0 Å². The number of benzene rings is 1. The first-order valence-corrected chi connectivity index (χ1v) is 6.86. The van der Waals surface area contributed by atoms with Crippen LogP contribution in [0.5, 0.6) is 0 Å². The largest absolute Gasteiger partial charge is 0.323 e. The van der Waals surface area contributed by atoms with E-state index in [1.807, 2.05) is 26.5 Å². The molecule has 0 aliphatic carbocycles. The van der Waals surface area contributed by atoms with Crippen molar-refractivity contribution in [2.75, 3.05) is 20.6 Å². The van der Waals surface area contributed by atoms with Crippen LogP contribution in [0.2, 0.25) is 0 Å². The first-order valence-electron chi connectivity index (χ1n) is 5.98. The van der Waals surface area contributed by atoms with E-state index in [4.69, 9.17) is 5.73 Å². The van der Waals surface area contributed by atoms with E-state index in [0.29, 0.717) is 0 Å². The van der Waals surface area contributed by atoms with E-state index >= 15 is 0 Å². The van der Waals surface area contributed by atoms with E-state index in [0.717, 1.165) is 12.2 Å². The zero-order chi connectivity index (χ0) is 13.1. The van der Waals surface area contributed by atoms with Gasteiger partial charge in [-0.1, -0.05) is 24.3 Å². The summed E-state index contributed by atoms with van der Waals surface area (Å²) in [6.45, 7) is 2.90. The Morgan fingerprint density at radius 3 is 2.37 bits per heavy atom. The molecule has 2 rings (SSSR count). The molecule has 0 aliphatic rings. The maximum Gasteiger partial charge on any atom is 0.0801 e. The number of hydrogen-bond donors (Lipinski definition) is 1. The molecule has 5 heteroatoms. The Bertz CT molecular complexity index is 508. The Hall–Kier alpha value is -0.940. The Balaban J connectivity index is 0.00000180. The maximum atomic E-state index is 6.14. The molecule has 3 nitrogen and oxygen atoms in total. The first-order chi connectivity index (χ1) is 8.58. The molecule has 1 heterocycles. The SMILES string of the molecule is Cc1ncsc1-c1ccc(C(N)CN(C)C)cc1.Cl. The lowest BCUT2D eigenvalue weighted by molar-refractivity contribution is 0.376. The number of nitrogens with zero attached hydrogens (tertiary/aromatic N) is 2. The molecule has 1 atom stereocenters. The van der Waals surface area contributed by atoms with Crippen molar-refractivity contribution in [3.05, 3.63) is 41.0 Å². The zero-order valence-electron chi connectivity index (χ0n) is 11.5. The topological polar surface area (TPSA) is 42.1 Å². The molecular weight excluding hydrogens is 278 g/mol. The van der Waals surface area contributed by atoms with Crippen LogP contribution in [0.3, 0.4) is 0 Å². The van der Waals surface area contributed by atoms with E-state index < -0.39 is 0 Å². The highest BCUT2D eigenvalue weighted by molar-refractivity contribution is 7.13. The molecule has 1 unspecified atom stereocenters. The first kappa shape index (κ1) is 16.1. The third-order valence-electron chi connectivity index (χ3n) is 2.91. The molecule has 104 valence electrons. The summed E-state index contributed by atoms with van der Waals surface area (Å²) < 4.78 is 0. The number of aromatic nitrogens is 1.